The Morgan fingerprint density at radius 3 is 2.31 bits per heavy atom. The van der Waals surface area contributed by atoms with Gasteiger partial charge in [-0.2, -0.15) is 0 Å². The largest absolute Gasteiger partial charge is 0.497 e. The van der Waals surface area contributed by atoms with Crippen molar-refractivity contribution in [1.29, 1.82) is 0 Å². The van der Waals surface area contributed by atoms with Crippen LogP contribution in [0.25, 0.3) is 0 Å². The molecule has 2 N–H and O–H groups in total. The van der Waals surface area contributed by atoms with E-state index in [1.54, 1.807) is 43.1 Å². The van der Waals surface area contributed by atoms with Gasteiger partial charge in [-0.25, -0.2) is 0 Å². The summed E-state index contributed by atoms with van der Waals surface area (Å²) in [5, 5.41) is 3.79. The lowest BCUT2D eigenvalue weighted by molar-refractivity contribution is -0.123. The number of methoxy groups -OCH3 is 1. The lowest BCUT2D eigenvalue weighted by atomic mass is 9.68. The fourth-order valence-electron chi connectivity index (χ4n) is 8.01. The number of thioether (sulfide) groups is 1. The Bertz CT molecular complexity index is 1860. The highest BCUT2D eigenvalue weighted by Crippen LogP contribution is 2.68. The van der Waals surface area contributed by atoms with Crippen molar-refractivity contribution < 1.29 is 23.9 Å². The van der Waals surface area contributed by atoms with Crippen LogP contribution in [0.2, 0.25) is 0 Å². The van der Waals surface area contributed by atoms with E-state index in [2.05, 4.69) is 10.3 Å². The highest BCUT2D eigenvalue weighted by Gasteiger charge is 2.69. The number of benzene rings is 3. The summed E-state index contributed by atoms with van der Waals surface area (Å²) in [7, 11) is 1.59. The summed E-state index contributed by atoms with van der Waals surface area (Å²) >= 11 is 2.90. The number of rotatable bonds is 7. The molecule has 4 aliphatic rings. The van der Waals surface area contributed by atoms with Crippen LogP contribution in [-0.4, -0.2) is 41.7 Å². The van der Waals surface area contributed by atoms with Crippen molar-refractivity contribution in [2.24, 2.45) is 29.6 Å². The number of nitrogens with one attached hydrogen (secondary N) is 2. The van der Waals surface area contributed by atoms with Gasteiger partial charge >= 0.3 is 4.87 Å². The van der Waals surface area contributed by atoms with Crippen molar-refractivity contribution in [3.8, 4) is 11.5 Å². The molecule has 2 aliphatic heterocycles. The van der Waals surface area contributed by atoms with Crippen molar-refractivity contribution in [3.05, 3.63) is 99.0 Å². The maximum absolute atomic E-state index is 13.9. The minimum absolute atomic E-state index is 0.0376. The van der Waals surface area contributed by atoms with Crippen LogP contribution in [0.15, 0.2) is 88.7 Å². The minimum atomic E-state index is -0.351. The lowest BCUT2D eigenvalue weighted by Crippen LogP contribution is -2.42. The topological polar surface area (TPSA) is 118 Å². The smallest absolute Gasteiger partial charge is 0.305 e. The van der Waals surface area contributed by atoms with Crippen LogP contribution in [0.4, 0.5) is 11.4 Å². The van der Waals surface area contributed by atoms with Gasteiger partial charge in [-0.05, 0) is 78.3 Å². The van der Waals surface area contributed by atoms with Crippen molar-refractivity contribution in [2.45, 2.75) is 22.6 Å². The summed E-state index contributed by atoms with van der Waals surface area (Å²) in [4.78, 5) is 58.0. The van der Waals surface area contributed by atoms with Gasteiger partial charge in [0.1, 0.15) is 11.5 Å². The van der Waals surface area contributed by atoms with Crippen molar-refractivity contribution in [3.63, 3.8) is 0 Å². The number of aromatic nitrogens is 1. The molecule has 6 unspecified atom stereocenters. The number of aromatic amines is 1. The summed E-state index contributed by atoms with van der Waals surface area (Å²) in [5.41, 5.74) is 2.30. The van der Waals surface area contributed by atoms with Crippen LogP contribution in [0.5, 0.6) is 11.5 Å². The molecule has 2 bridgehead atoms. The normalized spacial score (nSPS) is 27.6. The second-order valence-corrected chi connectivity index (χ2v) is 14.1. The molecule has 1 aromatic heterocycles. The average Bonchev–Trinajstić information content (AvgIpc) is 3.80. The number of amides is 3. The van der Waals surface area contributed by atoms with E-state index in [4.69, 9.17) is 9.47 Å². The SMILES string of the molecule is COc1ccc(NC(=O)COc2ccc([C@H]3c4sc(=O)[nH]c4SC4C5CC(C6C(=O)N(c7ccccc7)C(=O)C56)C43)cc2)cc1. The number of carbonyl (C=O) groups is 3. The number of nitrogens with zero attached hydrogens (tertiary/aromatic N) is 1. The Hall–Kier alpha value is -4.35. The molecule has 0 spiro atoms. The molecule has 2 aliphatic carbocycles. The Morgan fingerprint density at radius 1 is 0.911 bits per heavy atom. The fourth-order valence-corrected chi connectivity index (χ4v) is 10.9. The maximum Gasteiger partial charge on any atom is 0.305 e. The van der Waals surface area contributed by atoms with Gasteiger partial charge in [0.15, 0.2) is 6.61 Å². The molecule has 2 saturated carbocycles. The number of thiazole rings is 1. The number of para-hydroxylation sites is 1. The minimum Gasteiger partial charge on any atom is -0.497 e. The number of hydrogen-bond acceptors (Lipinski definition) is 8. The van der Waals surface area contributed by atoms with Gasteiger partial charge < -0.3 is 19.8 Å². The van der Waals surface area contributed by atoms with Gasteiger partial charge in [-0.15, -0.1) is 11.8 Å². The van der Waals surface area contributed by atoms with Gasteiger partial charge in [-0.1, -0.05) is 41.7 Å². The molecule has 7 atom stereocenters. The second-order valence-electron chi connectivity index (χ2n) is 11.9. The van der Waals surface area contributed by atoms with Crippen LogP contribution in [0, 0.1) is 29.6 Å². The molecular formula is C34H29N3O6S2. The number of ether oxygens (including phenoxy) is 2. The molecule has 9 nitrogen and oxygen atoms in total. The van der Waals surface area contributed by atoms with Gasteiger partial charge in [0, 0.05) is 21.7 Å². The van der Waals surface area contributed by atoms with Gasteiger partial charge in [0.25, 0.3) is 5.91 Å². The van der Waals surface area contributed by atoms with Crippen molar-refractivity contribution >= 4 is 52.2 Å². The first-order valence-corrected chi connectivity index (χ1v) is 16.6. The van der Waals surface area contributed by atoms with Crippen molar-refractivity contribution in [1.82, 2.24) is 4.98 Å². The third kappa shape index (κ3) is 4.59. The number of H-pyrrole nitrogens is 1. The monoisotopic (exact) mass is 639 g/mol. The molecule has 3 aromatic carbocycles. The molecule has 3 amide bonds. The van der Waals surface area contributed by atoms with Crippen LogP contribution < -0.4 is 24.6 Å². The molecule has 3 heterocycles. The van der Waals surface area contributed by atoms with E-state index in [1.807, 2.05) is 54.6 Å². The molecule has 228 valence electrons. The Balaban J connectivity index is 1.04. The number of hydrogen-bond donors (Lipinski definition) is 2. The van der Waals surface area contributed by atoms with Gasteiger partial charge in [0.05, 0.1) is 29.7 Å². The Kier molecular flexibility index (Phi) is 6.83. The number of imide groups is 1. The van der Waals surface area contributed by atoms with E-state index in [1.165, 1.54) is 16.2 Å². The zero-order chi connectivity index (χ0) is 30.8. The summed E-state index contributed by atoms with van der Waals surface area (Å²) in [6.07, 6.45) is 0.831. The zero-order valence-corrected chi connectivity index (χ0v) is 25.8. The van der Waals surface area contributed by atoms with Crippen LogP contribution in [0.1, 0.15) is 22.8 Å². The highest BCUT2D eigenvalue weighted by atomic mass is 32.2. The molecule has 45 heavy (non-hydrogen) atoms. The predicted molar refractivity (Wildman–Crippen MR) is 171 cm³/mol. The first-order chi connectivity index (χ1) is 21.9. The summed E-state index contributed by atoms with van der Waals surface area (Å²) in [6, 6.07) is 23.9. The number of fused-ring (bicyclic) bond motifs is 9. The fraction of sp³-hybridized carbons (Fsp3) is 0.294. The van der Waals surface area contributed by atoms with E-state index >= 15 is 0 Å². The molecule has 11 heteroatoms. The molecule has 3 fully saturated rings. The van der Waals surface area contributed by atoms with Crippen LogP contribution in [-0.2, 0) is 14.4 Å². The van der Waals surface area contributed by atoms with Crippen LogP contribution in [0.3, 0.4) is 0 Å². The van der Waals surface area contributed by atoms with Crippen LogP contribution >= 0.6 is 23.1 Å². The molecule has 4 aromatic rings. The predicted octanol–water partition coefficient (Wildman–Crippen LogP) is 5.14. The summed E-state index contributed by atoms with van der Waals surface area (Å²) < 4.78 is 10.9. The summed E-state index contributed by atoms with van der Waals surface area (Å²) in [5.74, 6) is 0.209. The third-order valence-corrected chi connectivity index (χ3v) is 12.3. The van der Waals surface area contributed by atoms with Gasteiger partial charge in [0.2, 0.25) is 11.8 Å². The Morgan fingerprint density at radius 2 is 1.60 bits per heavy atom. The average molecular weight is 640 g/mol. The zero-order valence-electron chi connectivity index (χ0n) is 24.2. The molecular weight excluding hydrogens is 611 g/mol. The lowest BCUT2D eigenvalue weighted by Gasteiger charge is -2.43. The highest BCUT2D eigenvalue weighted by molar-refractivity contribution is 8.00. The third-order valence-electron chi connectivity index (χ3n) is 9.72. The molecule has 1 saturated heterocycles. The maximum atomic E-state index is 13.9. The number of anilines is 2. The van der Waals surface area contributed by atoms with E-state index in [0.29, 0.717) is 22.9 Å². The standard InChI is InChI=1S/C34H29N3O6S2/c1-42-20-13-9-18(10-14-20)35-24(38)16-43-21-11-7-17(8-12-21)25-26-22-15-23(29(26)44-31-30(25)45-34(41)36-31)28-27(22)32(39)37(33(28)40)19-5-3-2-4-6-19/h2-14,22-23,25-29H,15-16H2,1H3,(H,35,38)(H,36,41)/t22?,23?,25-,26?,27?,28?,29?/m1/s1. The summed E-state index contributed by atoms with van der Waals surface area (Å²) in [6.45, 7) is -0.152. The van der Waals surface area contributed by atoms with E-state index in [0.717, 1.165) is 21.9 Å². The number of carbonyl (C=O) groups excluding carboxylic acids is 3. The Labute approximate surface area is 266 Å². The van der Waals surface area contributed by atoms with E-state index in [-0.39, 0.29) is 70.0 Å². The quantitative estimate of drug-likeness (QED) is 0.269. The second kappa shape index (κ2) is 10.9. The van der Waals surface area contributed by atoms with E-state index in [9.17, 15) is 19.2 Å². The first-order valence-electron chi connectivity index (χ1n) is 14.9. The van der Waals surface area contributed by atoms with E-state index < -0.39 is 0 Å². The molecule has 8 rings (SSSR count). The first kappa shape index (κ1) is 28.1. The molecule has 0 radical (unpaired) electrons. The van der Waals surface area contributed by atoms with Crippen molar-refractivity contribution in [2.75, 3.05) is 23.9 Å². The van der Waals surface area contributed by atoms with Gasteiger partial charge in [-0.3, -0.25) is 24.1 Å².